The number of carbonyl (C=O) groups excluding carboxylic acids is 2. The first-order chi connectivity index (χ1) is 13.1. The number of amides is 2. The molecule has 0 spiro atoms. The van der Waals surface area contributed by atoms with Gasteiger partial charge in [0.2, 0.25) is 11.8 Å². The van der Waals surface area contributed by atoms with Crippen molar-refractivity contribution >= 4 is 17.5 Å². The summed E-state index contributed by atoms with van der Waals surface area (Å²) in [5, 5.41) is 12.8. The molecule has 3 aliphatic rings. The van der Waals surface area contributed by atoms with Crippen molar-refractivity contribution in [2.24, 2.45) is 11.8 Å². The molecular formula is C22H30N2O3. The minimum atomic E-state index is -0.225. The minimum Gasteiger partial charge on any atom is -0.393 e. The molecule has 0 unspecified atom stereocenters. The van der Waals surface area contributed by atoms with E-state index in [0.29, 0.717) is 0 Å². The Morgan fingerprint density at radius 1 is 0.963 bits per heavy atom. The smallest absolute Gasteiger partial charge is 0.230 e. The Bertz CT molecular complexity index is 697. The predicted octanol–water partition coefficient (Wildman–Crippen LogP) is 2.80. The molecule has 2 fully saturated rings. The van der Waals surface area contributed by atoms with Gasteiger partial charge in [-0.15, -0.1) is 0 Å². The van der Waals surface area contributed by atoms with Crippen molar-refractivity contribution in [2.75, 3.05) is 11.4 Å². The van der Waals surface area contributed by atoms with Gasteiger partial charge in [0.1, 0.15) is 0 Å². The summed E-state index contributed by atoms with van der Waals surface area (Å²) in [7, 11) is 0. The maximum atomic E-state index is 13.3. The Labute approximate surface area is 161 Å². The summed E-state index contributed by atoms with van der Waals surface area (Å²) in [6.07, 6.45) is 7.48. The van der Waals surface area contributed by atoms with E-state index in [-0.39, 0.29) is 35.8 Å². The first-order valence-corrected chi connectivity index (χ1v) is 10.5. The third kappa shape index (κ3) is 3.88. The molecule has 2 aliphatic carbocycles. The van der Waals surface area contributed by atoms with Crippen LogP contribution in [0.5, 0.6) is 0 Å². The monoisotopic (exact) mass is 370 g/mol. The molecule has 27 heavy (non-hydrogen) atoms. The molecule has 1 aliphatic heterocycles. The Balaban J connectivity index is 1.44. The summed E-state index contributed by atoms with van der Waals surface area (Å²) in [5.74, 6) is -0.259. The number of aliphatic hydroxyl groups excluding tert-OH is 1. The van der Waals surface area contributed by atoms with Crippen LogP contribution in [-0.4, -0.2) is 35.6 Å². The van der Waals surface area contributed by atoms with Gasteiger partial charge in [-0.05, 0) is 56.6 Å². The third-order valence-electron chi connectivity index (χ3n) is 6.62. The number of fused-ring (bicyclic) bond motifs is 1. The predicted molar refractivity (Wildman–Crippen MR) is 104 cm³/mol. The van der Waals surface area contributed by atoms with Crippen LogP contribution in [0.3, 0.4) is 0 Å². The van der Waals surface area contributed by atoms with Crippen LogP contribution >= 0.6 is 0 Å². The molecule has 2 atom stereocenters. The van der Waals surface area contributed by atoms with Gasteiger partial charge in [0.25, 0.3) is 0 Å². The summed E-state index contributed by atoms with van der Waals surface area (Å²) in [6, 6.07) is 8.25. The van der Waals surface area contributed by atoms with Gasteiger partial charge in [0.15, 0.2) is 0 Å². The highest BCUT2D eigenvalue weighted by atomic mass is 16.3. The fraction of sp³-hybridized carbons (Fsp3) is 0.636. The van der Waals surface area contributed by atoms with E-state index in [1.165, 1.54) is 5.56 Å². The largest absolute Gasteiger partial charge is 0.393 e. The van der Waals surface area contributed by atoms with E-state index in [0.717, 1.165) is 70.0 Å². The van der Waals surface area contributed by atoms with Gasteiger partial charge in [0.05, 0.1) is 12.0 Å². The average molecular weight is 370 g/mol. The minimum absolute atomic E-state index is 0.0434. The van der Waals surface area contributed by atoms with Gasteiger partial charge in [-0.1, -0.05) is 31.0 Å². The van der Waals surface area contributed by atoms with Crippen molar-refractivity contribution in [2.45, 2.75) is 69.9 Å². The molecule has 1 aromatic rings. The molecule has 5 heteroatoms. The second-order valence-corrected chi connectivity index (χ2v) is 8.38. The number of aliphatic hydroxyl groups is 1. The number of nitrogens with zero attached hydrogens (tertiary/aromatic N) is 1. The summed E-state index contributed by atoms with van der Waals surface area (Å²) in [5.41, 5.74) is 2.25. The van der Waals surface area contributed by atoms with Gasteiger partial charge in [-0.2, -0.15) is 0 Å². The Kier molecular flexibility index (Phi) is 5.48. The Morgan fingerprint density at radius 2 is 1.67 bits per heavy atom. The van der Waals surface area contributed by atoms with Crippen LogP contribution in [0, 0.1) is 11.8 Å². The summed E-state index contributed by atoms with van der Waals surface area (Å²) >= 11 is 0. The first kappa shape index (κ1) is 18.5. The van der Waals surface area contributed by atoms with E-state index in [1.54, 1.807) is 0 Å². The van der Waals surface area contributed by atoms with E-state index in [4.69, 9.17) is 0 Å². The van der Waals surface area contributed by atoms with Crippen LogP contribution < -0.4 is 10.2 Å². The fourth-order valence-electron chi connectivity index (χ4n) is 5.04. The first-order valence-electron chi connectivity index (χ1n) is 10.5. The van der Waals surface area contributed by atoms with Gasteiger partial charge < -0.3 is 15.3 Å². The number of benzene rings is 1. The van der Waals surface area contributed by atoms with Gasteiger partial charge in [0, 0.05) is 24.2 Å². The second-order valence-electron chi connectivity index (χ2n) is 8.38. The van der Waals surface area contributed by atoms with Crippen LogP contribution in [0.2, 0.25) is 0 Å². The van der Waals surface area contributed by atoms with Crippen LogP contribution in [0.1, 0.15) is 56.9 Å². The molecule has 146 valence electrons. The van der Waals surface area contributed by atoms with Gasteiger partial charge in [-0.3, -0.25) is 9.59 Å². The molecule has 2 amide bonds. The number of anilines is 1. The van der Waals surface area contributed by atoms with Crippen molar-refractivity contribution in [3.63, 3.8) is 0 Å². The number of rotatable bonds is 3. The molecule has 0 radical (unpaired) electrons. The summed E-state index contributed by atoms with van der Waals surface area (Å²) in [6.45, 7) is 0.726. The Hall–Kier alpha value is -1.88. The van der Waals surface area contributed by atoms with Gasteiger partial charge in [-0.25, -0.2) is 0 Å². The van der Waals surface area contributed by atoms with E-state index < -0.39 is 0 Å². The average Bonchev–Trinajstić information content (AvgIpc) is 3.13. The lowest BCUT2D eigenvalue weighted by molar-refractivity contribution is -0.135. The van der Waals surface area contributed by atoms with Crippen LogP contribution in [0.15, 0.2) is 24.3 Å². The maximum absolute atomic E-state index is 13.3. The lowest BCUT2D eigenvalue weighted by atomic mass is 9.77. The normalized spacial score (nSPS) is 30.6. The van der Waals surface area contributed by atoms with Crippen molar-refractivity contribution in [3.8, 4) is 0 Å². The molecule has 0 saturated heterocycles. The number of hydrogen-bond acceptors (Lipinski definition) is 3. The molecule has 2 saturated carbocycles. The molecule has 2 N–H and O–H groups in total. The molecule has 1 heterocycles. The van der Waals surface area contributed by atoms with E-state index >= 15 is 0 Å². The number of nitrogens with one attached hydrogen (secondary N) is 1. The summed E-state index contributed by atoms with van der Waals surface area (Å²) in [4.78, 5) is 28.2. The molecular weight excluding hydrogens is 340 g/mol. The third-order valence-corrected chi connectivity index (χ3v) is 6.62. The van der Waals surface area contributed by atoms with E-state index in [9.17, 15) is 14.7 Å². The highest BCUT2D eigenvalue weighted by Crippen LogP contribution is 2.36. The molecule has 0 aromatic heterocycles. The van der Waals surface area contributed by atoms with Crippen molar-refractivity contribution in [3.05, 3.63) is 29.8 Å². The van der Waals surface area contributed by atoms with Crippen molar-refractivity contribution in [1.82, 2.24) is 5.32 Å². The standard InChI is InChI=1S/C22H30N2O3/c25-17-11-9-16(10-12-17)23-21(26)18-6-2-3-7-19(18)22(27)24-14-13-15-5-1-4-8-20(15)24/h1,4-5,8,16-19,25H,2-3,6-7,9-14H2,(H,23,26)/t16?,17?,18-,19-/m0/s1. The fourth-order valence-corrected chi connectivity index (χ4v) is 5.04. The number of carbonyl (C=O) groups is 2. The van der Waals surface area contributed by atoms with Crippen molar-refractivity contribution in [1.29, 1.82) is 0 Å². The lowest BCUT2D eigenvalue weighted by Crippen LogP contribution is -2.48. The van der Waals surface area contributed by atoms with E-state index in [2.05, 4.69) is 11.4 Å². The van der Waals surface area contributed by atoms with Crippen molar-refractivity contribution < 1.29 is 14.7 Å². The SMILES string of the molecule is O=C(NC1CCC(O)CC1)[C@H]1CCCC[C@@H]1C(=O)N1CCc2ccccc21. The number of hydrogen-bond donors (Lipinski definition) is 2. The lowest BCUT2D eigenvalue weighted by Gasteiger charge is -2.34. The summed E-state index contributed by atoms with van der Waals surface area (Å²) < 4.78 is 0. The van der Waals surface area contributed by atoms with Crippen LogP contribution in [0.4, 0.5) is 5.69 Å². The second kappa shape index (κ2) is 8.01. The zero-order chi connectivity index (χ0) is 18.8. The van der Waals surface area contributed by atoms with Crippen LogP contribution in [0.25, 0.3) is 0 Å². The zero-order valence-electron chi connectivity index (χ0n) is 15.9. The Morgan fingerprint density at radius 3 is 2.44 bits per heavy atom. The molecule has 0 bridgehead atoms. The van der Waals surface area contributed by atoms with Crippen LogP contribution in [-0.2, 0) is 16.0 Å². The molecule has 1 aromatic carbocycles. The quantitative estimate of drug-likeness (QED) is 0.860. The zero-order valence-corrected chi connectivity index (χ0v) is 15.9. The molecule has 5 nitrogen and oxygen atoms in total. The highest BCUT2D eigenvalue weighted by Gasteiger charge is 2.40. The number of para-hydroxylation sites is 1. The van der Waals surface area contributed by atoms with E-state index in [1.807, 2.05) is 23.1 Å². The van der Waals surface area contributed by atoms with Gasteiger partial charge >= 0.3 is 0 Å². The highest BCUT2D eigenvalue weighted by molar-refractivity contribution is 5.99. The maximum Gasteiger partial charge on any atom is 0.230 e. The topological polar surface area (TPSA) is 69.6 Å². The molecule has 4 rings (SSSR count).